The van der Waals surface area contributed by atoms with Crippen LogP contribution in [0, 0.1) is 16.7 Å². The predicted octanol–water partition coefficient (Wildman–Crippen LogP) is 2.89. The summed E-state index contributed by atoms with van der Waals surface area (Å²) in [4.78, 5) is 0. The molecule has 0 aromatic heterocycles. The molecule has 3 nitrogen and oxygen atoms in total. The Balaban J connectivity index is 1.85. The van der Waals surface area contributed by atoms with Gasteiger partial charge in [0.05, 0.1) is 17.1 Å². The van der Waals surface area contributed by atoms with Gasteiger partial charge in [-0.15, -0.1) is 0 Å². The van der Waals surface area contributed by atoms with Crippen LogP contribution in [0.25, 0.3) is 0 Å². The molecule has 19 heavy (non-hydrogen) atoms. The summed E-state index contributed by atoms with van der Waals surface area (Å²) >= 11 is 0. The molecule has 0 radical (unpaired) electrons. The van der Waals surface area contributed by atoms with Crippen LogP contribution in [0.3, 0.4) is 0 Å². The molecule has 3 rings (SSSR count). The standard InChI is InChI=1S/C16H26N2O/c17-12-15(8-4-2-1-3-5-9-15)16(19)10-13-6-7-14(11-16)18-13/h13-14,18-19H,1-11H2. The van der Waals surface area contributed by atoms with Crippen LogP contribution in [0.1, 0.15) is 70.6 Å². The maximum atomic E-state index is 11.3. The molecule has 1 aliphatic carbocycles. The molecule has 0 amide bonds. The summed E-state index contributed by atoms with van der Waals surface area (Å²) in [6.45, 7) is 0. The smallest absolute Gasteiger partial charge is 0.0862 e. The largest absolute Gasteiger partial charge is 0.388 e. The zero-order valence-corrected chi connectivity index (χ0v) is 11.8. The van der Waals surface area contributed by atoms with E-state index in [-0.39, 0.29) is 0 Å². The molecule has 2 saturated heterocycles. The summed E-state index contributed by atoms with van der Waals surface area (Å²) in [7, 11) is 0. The fourth-order valence-corrected chi connectivity index (χ4v) is 4.70. The lowest BCUT2D eigenvalue weighted by Gasteiger charge is -2.48. The summed E-state index contributed by atoms with van der Waals surface area (Å²) in [6.07, 6.45) is 11.7. The van der Waals surface area contributed by atoms with E-state index in [1.54, 1.807) is 0 Å². The molecule has 0 aromatic rings. The maximum absolute atomic E-state index is 11.3. The number of hydrogen-bond acceptors (Lipinski definition) is 3. The molecule has 2 aliphatic heterocycles. The lowest BCUT2D eigenvalue weighted by Crippen LogP contribution is -2.57. The van der Waals surface area contributed by atoms with Crippen molar-refractivity contribution in [3.8, 4) is 6.07 Å². The van der Waals surface area contributed by atoms with Crippen molar-refractivity contribution in [2.75, 3.05) is 0 Å². The number of nitrogens with one attached hydrogen (secondary N) is 1. The summed E-state index contributed by atoms with van der Waals surface area (Å²) in [6, 6.07) is 3.47. The Bertz CT molecular complexity index is 353. The molecule has 0 aromatic carbocycles. The molecule has 2 bridgehead atoms. The van der Waals surface area contributed by atoms with Gasteiger partial charge in [-0.2, -0.15) is 5.26 Å². The van der Waals surface area contributed by atoms with Crippen LogP contribution in [0.15, 0.2) is 0 Å². The fraction of sp³-hybridized carbons (Fsp3) is 0.938. The number of nitrogens with zero attached hydrogens (tertiary/aromatic N) is 1. The number of fused-ring (bicyclic) bond motifs is 2. The van der Waals surface area contributed by atoms with E-state index in [2.05, 4.69) is 11.4 Å². The average molecular weight is 262 g/mol. The van der Waals surface area contributed by atoms with Gasteiger partial charge < -0.3 is 10.4 Å². The van der Waals surface area contributed by atoms with Crippen molar-refractivity contribution in [2.24, 2.45) is 5.41 Å². The monoisotopic (exact) mass is 262 g/mol. The number of aliphatic hydroxyl groups is 1. The Morgan fingerprint density at radius 3 is 2.00 bits per heavy atom. The van der Waals surface area contributed by atoms with Crippen molar-refractivity contribution < 1.29 is 5.11 Å². The molecule has 2 atom stereocenters. The first-order valence-electron chi connectivity index (χ1n) is 8.07. The van der Waals surface area contributed by atoms with Gasteiger partial charge in [0.2, 0.25) is 0 Å². The van der Waals surface area contributed by atoms with Crippen LogP contribution in [0.4, 0.5) is 0 Å². The highest BCUT2D eigenvalue weighted by Crippen LogP contribution is 2.50. The van der Waals surface area contributed by atoms with Gasteiger partial charge in [-0.05, 0) is 38.5 Å². The number of hydrogen-bond donors (Lipinski definition) is 2. The van der Waals surface area contributed by atoms with Crippen LogP contribution in [-0.4, -0.2) is 22.8 Å². The zero-order chi connectivity index (χ0) is 13.3. The van der Waals surface area contributed by atoms with Crippen molar-refractivity contribution in [3.05, 3.63) is 0 Å². The Morgan fingerprint density at radius 1 is 0.947 bits per heavy atom. The van der Waals surface area contributed by atoms with E-state index in [4.69, 9.17) is 0 Å². The van der Waals surface area contributed by atoms with E-state index in [0.717, 1.165) is 38.5 Å². The lowest BCUT2D eigenvalue weighted by atomic mass is 9.61. The fourth-order valence-electron chi connectivity index (χ4n) is 4.70. The van der Waals surface area contributed by atoms with E-state index in [9.17, 15) is 10.4 Å². The second-order valence-corrected chi connectivity index (χ2v) is 7.04. The lowest BCUT2D eigenvalue weighted by molar-refractivity contribution is -0.0994. The minimum atomic E-state index is -0.740. The topological polar surface area (TPSA) is 56.0 Å². The van der Waals surface area contributed by atoms with Gasteiger partial charge in [-0.25, -0.2) is 0 Å². The molecule has 0 spiro atoms. The van der Waals surface area contributed by atoms with Crippen molar-refractivity contribution in [3.63, 3.8) is 0 Å². The predicted molar refractivity (Wildman–Crippen MR) is 74.5 cm³/mol. The van der Waals surface area contributed by atoms with Crippen LogP contribution in [-0.2, 0) is 0 Å². The Labute approximate surface area is 116 Å². The van der Waals surface area contributed by atoms with Crippen LogP contribution in [0.2, 0.25) is 0 Å². The normalized spacial score (nSPS) is 42.1. The van der Waals surface area contributed by atoms with E-state index >= 15 is 0 Å². The third-order valence-corrected chi connectivity index (χ3v) is 5.82. The highest BCUT2D eigenvalue weighted by Gasteiger charge is 2.55. The highest BCUT2D eigenvalue weighted by molar-refractivity contribution is 5.16. The first-order chi connectivity index (χ1) is 9.17. The van der Waals surface area contributed by atoms with Gasteiger partial charge >= 0.3 is 0 Å². The highest BCUT2D eigenvalue weighted by atomic mass is 16.3. The number of piperidine rings is 1. The van der Waals surface area contributed by atoms with Gasteiger partial charge in [-0.1, -0.05) is 32.1 Å². The van der Waals surface area contributed by atoms with Crippen LogP contribution in [0.5, 0.6) is 0 Å². The van der Waals surface area contributed by atoms with Crippen LogP contribution < -0.4 is 5.32 Å². The summed E-state index contributed by atoms with van der Waals surface area (Å²) in [5.74, 6) is 0. The van der Waals surface area contributed by atoms with E-state index in [1.807, 2.05) is 0 Å². The molecule has 3 fully saturated rings. The second kappa shape index (κ2) is 5.07. The second-order valence-electron chi connectivity index (χ2n) is 7.04. The molecular formula is C16H26N2O. The van der Waals surface area contributed by atoms with Gasteiger partial charge in [0.1, 0.15) is 0 Å². The molecule has 1 saturated carbocycles. The third kappa shape index (κ3) is 2.30. The van der Waals surface area contributed by atoms with Crippen molar-refractivity contribution in [2.45, 2.75) is 88.3 Å². The molecule has 3 aliphatic rings. The quantitative estimate of drug-likeness (QED) is 0.764. The van der Waals surface area contributed by atoms with E-state index in [0.29, 0.717) is 12.1 Å². The Kier molecular flexibility index (Phi) is 3.57. The summed E-state index contributed by atoms with van der Waals surface area (Å²) in [5.41, 5.74) is -1.22. The van der Waals surface area contributed by atoms with Crippen molar-refractivity contribution in [1.29, 1.82) is 5.26 Å². The molecule has 2 N–H and O–H groups in total. The van der Waals surface area contributed by atoms with Crippen LogP contribution >= 0.6 is 0 Å². The van der Waals surface area contributed by atoms with Crippen molar-refractivity contribution >= 4 is 0 Å². The molecule has 2 unspecified atom stereocenters. The molecule has 106 valence electrons. The van der Waals surface area contributed by atoms with Gasteiger partial charge in [0.25, 0.3) is 0 Å². The first-order valence-corrected chi connectivity index (χ1v) is 8.07. The molecule has 2 heterocycles. The van der Waals surface area contributed by atoms with Crippen molar-refractivity contribution in [1.82, 2.24) is 5.32 Å². The summed E-state index contributed by atoms with van der Waals surface area (Å²) in [5, 5.41) is 24.7. The van der Waals surface area contributed by atoms with Gasteiger partial charge in [0.15, 0.2) is 0 Å². The Hall–Kier alpha value is -0.590. The zero-order valence-electron chi connectivity index (χ0n) is 11.8. The molecular weight excluding hydrogens is 236 g/mol. The number of rotatable bonds is 1. The summed E-state index contributed by atoms with van der Waals surface area (Å²) < 4.78 is 0. The van der Waals surface area contributed by atoms with E-state index < -0.39 is 11.0 Å². The number of nitriles is 1. The minimum absolute atomic E-state index is 0.444. The SMILES string of the molecule is N#CC1(C2(O)CC3CCC(C2)N3)CCCCCCC1. The minimum Gasteiger partial charge on any atom is -0.388 e. The van der Waals surface area contributed by atoms with Gasteiger partial charge in [0, 0.05) is 12.1 Å². The van der Waals surface area contributed by atoms with E-state index in [1.165, 1.54) is 32.1 Å². The van der Waals surface area contributed by atoms with Gasteiger partial charge in [-0.3, -0.25) is 0 Å². The first kappa shape index (κ1) is 13.4. The average Bonchev–Trinajstić information content (AvgIpc) is 2.69. The molecule has 3 heteroatoms. The Morgan fingerprint density at radius 2 is 1.47 bits per heavy atom. The third-order valence-electron chi connectivity index (χ3n) is 5.82. The maximum Gasteiger partial charge on any atom is 0.0862 e.